The third kappa shape index (κ3) is 2.06. The largest absolute Gasteiger partial charge is 0.433 e. The molecule has 0 atom stereocenters. The van der Waals surface area contributed by atoms with Crippen LogP contribution in [0.2, 0.25) is 0 Å². The molecule has 0 aromatic carbocycles. The first-order valence-corrected chi connectivity index (χ1v) is 5.61. The average Bonchev–Trinajstić information content (AvgIpc) is 2.11. The molecule has 0 aliphatic heterocycles. The van der Waals surface area contributed by atoms with E-state index in [0.717, 1.165) is 0 Å². The van der Waals surface area contributed by atoms with Crippen LogP contribution in [-0.2, 0) is 4.57 Å². The molecule has 0 fully saturated rings. The summed E-state index contributed by atoms with van der Waals surface area (Å²) in [5, 5.41) is 19.5. The standard InChI is InChI=1S/C5H7F6O4P/c6-4(7,8)3(14,5(9,10)11)16(15,1-12)2-13/h12-14H,1-2H2. The van der Waals surface area contributed by atoms with Crippen molar-refractivity contribution in [2.24, 2.45) is 0 Å². The van der Waals surface area contributed by atoms with Crippen molar-refractivity contribution in [2.75, 3.05) is 12.7 Å². The second-order valence-electron chi connectivity index (χ2n) is 2.84. The van der Waals surface area contributed by atoms with Gasteiger partial charge >= 0.3 is 17.7 Å². The third-order valence-electron chi connectivity index (χ3n) is 1.84. The summed E-state index contributed by atoms with van der Waals surface area (Å²) in [6.45, 7) is 0. The predicted molar refractivity (Wildman–Crippen MR) is 38.8 cm³/mol. The van der Waals surface area contributed by atoms with Crippen LogP contribution in [0.5, 0.6) is 0 Å². The van der Waals surface area contributed by atoms with Crippen LogP contribution in [0.3, 0.4) is 0 Å². The third-order valence-corrected chi connectivity index (χ3v) is 4.44. The Kier molecular flexibility index (Phi) is 4.09. The number of alkyl halides is 6. The van der Waals surface area contributed by atoms with Crippen LogP contribution in [-0.4, -0.2) is 45.7 Å². The Bertz CT molecular complexity index is 274. The molecule has 0 amide bonds. The first kappa shape index (κ1) is 15.7. The molecule has 4 nitrogen and oxygen atoms in total. The summed E-state index contributed by atoms with van der Waals surface area (Å²) in [7, 11) is -5.73. The molecule has 0 aromatic heterocycles. The van der Waals surface area contributed by atoms with Crippen LogP contribution in [0.1, 0.15) is 0 Å². The predicted octanol–water partition coefficient (Wildman–Crippen LogP) is 1.06. The van der Waals surface area contributed by atoms with Crippen molar-refractivity contribution in [3.63, 3.8) is 0 Å². The zero-order chi connectivity index (χ0) is 13.4. The Morgan fingerprint density at radius 1 is 0.875 bits per heavy atom. The normalized spacial score (nSPS) is 15.3. The van der Waals surface area contributed by atoms with E-state index in [1.54, 1.807) is 0 Å². The number of rotatable bonds is 3. The van der Waals surface area contributed by atoms with Gasteiger partial charge in [0.1, 0.15) is 12.7 Å². The van der Waals surface area contributed by atoms with E-state index in [-0.39, 0.29) is 0 Å². The van der Waals surface area contributed by atoms with Crippen LogP contribution in [0.25, 0.3) is 0 Å². The fraction of sp³-hybridized carbons (Fsp3) is 1.00. The Morgan fingerprint density at radius 3 is 1.19 bits per heavy atom. The summed E-state index contributed by atoms with van der Waals surface area (Å²) in [4.78, 5) is 0. The molecule has 0 aromatic rings. The lowest BCUT2D eigenvalue weighted by Gasteiger charge is -2.36. The average molecular weight is 276 g/mol. The zero-order valence-corrected chi connectivity index (χ0v) is 8.27. The second-order valence-corrected chi connectivity index (χ2v) is 5.83. The highest BCUT2D eigenvalue weighted by atomic mass is 31.2. The molecule has 0 aliphatic carbocycles. The first-order chi connectivity index (χ1) is 6.87. The molecule has 0 unspecified atom stereocenters. The maximum Gasteiger partial charge on any atom is 0.433 e. The molecule has 0 heterocycles. The van der Waals surface area contributed by atoms with Gasteiger partial charge in [-0.2, -0.15) is 26.3 Å². The Labute approximate surface area is 84.9 Å². The lowest BCUT2D eigenvalue weighted by atomic mass is 10.3. The maximum atomic E-state index is 12.1. The van der Waals surface area contributed by atoms with E-state index in [0.29, 0.717) is 0 Å². The Hall–Kier alpha value is -0.310. The van der Waals surface area contributed by atoms with Gasteiger partial charge in [0.25, 0.3) is 0 Å². The van der Waals surface area contributed by atoms with Gasteiger partial charge in [0.2, 0.25) is 0 Å². The molecule has 0 saturated heterocycles. The van der Waals surface area contributed by atoms with Gasteiger partial charge in [0, 0.05) is 0 Å². The molecule has 0 spiro atoms. The molecule has 0 bridgehead atoms. The minimum absolute atomic E-state index is 2.13. The van der Waals surface area contributed by atoms with E-state index in [1.807, 2.05) is 0 Å². The van der Waals surface area contributed by atoms with Crippen molar-refractivity contribution in [3.05, 3.63) is 0 Å². The highest BCUT2D eigenvalue weighted by Crippen LogP contribution is 2.67. The van der Waals surface area contributed by atoms with Crippen LogP contribution >= 0.6 is 7.14 Å². The summed E-state index contributed by atoms with van der Waals surface area (Å²) in [5.74, 6) is 0. The van der Waals surface area contributed by atoms with Gasteiger partial charge in [0.15, 0.2) is 7.14 Å². The van der Waals surface area contributed by atoms with E-state index < -0.39 is 37.5 Å². The minimum Gasteiger partial charge on any atom is -0.388 e. The Balaban J connectivity index is 5.90. The second kappa shape index (κ2) is 4.17. The molecule has 3 N–H and O–H groups in total. The van der Waals surface area contributed by atoms with Crippen molar-refractivity contribution in [2.45, 2.75) is 17.7 Å². The van der Waals surface area contributed by atoms with E-state index in [2.05, 4.69) is 0 Å². The van der Waals surface area contributed by atoms with Gasteiger partial charge in [-0.15, -0.1) is 0 Å². The first-order valence-electron chi connectivity index (χ1n) is 3.53. The Morgan fingerprint density at radius 2 is 1.12 bits per heavy atom. The number of halogens is 6. The van der Waals surface area contributed by atoms with E-state index in [4.69, 9.17) is 15.3 Å². The quantitative estimate of drug-likeness (QED) is 0.532. The maximum absolute atomic E-state index is 12.1. The highest BCUT2D eigenvalue weighted by molar-refractivity contribution is 7.65. The van der Waals surface area contributed by atoms with Crippen LogP contribution < -0.4 is 0 Å². The monoisotopic (exact) mass is 276 g/mol. The van der Waals surface area contributed by atoms with Gasteiger partial charge in [-0.3, -0.25) is 0 Å². The minimum atomic E-state index is -6.33. The molecular formula is C5H7F6O4P. The molecule has 98 valence electrons. The van der Waals surface area contributed by atoms with Crippen molar-refractivity contribution in [3.8, 4) is 0 Å². The molecular weight excluding hydrogens is 269 g/mol. The summed E-state index contributed by atoms with van der Waals surface area (Å²) in [6.07, 6.45) is -16.9. The smallest absolute Gasteiger partial charge is 0.388 e. The lowest BCUT2D eigenvalue weighted by Crippen LogP contribution is -2.57. The van der Waals surface area contributed by atoms with Gasteiger partial charge in [0.05, 0.1) is 0 Å². The highest BCUT2D eigenvalue weighted by Gasteiger charge is 2.78. The van der Waals surface area contributed by atoms with Crippen LogP contribution in [0, 0.1) is 0 Å². The van der Waals surface area contributed by atoms with Crippen molar-refractivity contribution < 1.29 is 46.2 Å². The molecule has 0 aliphatic rings. The molecule has 0 saturated carbocycles. The van der Waals surface area contributed by atoms with Gasteiger partial charge in [-0.05, 0) is 0 Å². The van der Waals surface area contributed by atoms with E-state index in [9.17, 15) is 30.9 Å². The summed E-state index contributed by atoms with van der Waals surface area (Å²) in [6, 6.07) is 0. The van der Waals surface area contributed by atoms with E-state index in [1.165, 1.54) is 0 Å². The van der Waals surface area contributed by atoms with Crippen molar-refractivity contribution >= 4 is 7.14 Å². The number of aliphatic hydroxyl groups excluding tert-OH is 2. The number of hydrogen-bond donors (Lipinski definition) is 3. The molecule has 16 heavy (non-hydrogen) atoms. The SMILES string of the molecule is O=P(CO)(CO)C(O)(C(F)(F)F)C(F)(F)F. The van der Waals surface area contributed by atoms with Gasteiger partial charge < -0.3 is 19.9 Å². The van der Waals surface area contributed by atoms with E-state index >= 15 is 0 Å². The number of hydrogen-bond acceptors (Lipinski definition) is 4. The summed E-state index contributed by atoms with van der Waals surface area (Å²) >= 11 is 0. The summed E-state index contributed by atoms with van der Waals surface area (Å²) < 4.78 is 83.7. The van der Waals surface area contributed by atoms with Gasteiger partial charge in [-0.25, -0.2) is 0 Å². The fourth-order valence-electron chi connectivity index (χ4n) is 0.872. The topological polar surface area (TPSA) is 77.8 Å². The number of aliphatic hydroxyl groups is 3. The van der Waals surface area contributed by atoms with Crippen molar-refractivity contribution in [1.82, 2.24) is 0 Å². The molecule has 11 heteroatoms. The fourth-order valence-corrected chi connectivity index (χ4v) is 2.30. The van der Waals surface area contributed by atoms with Crippen LogP contribution in [0.15, 0.2) is 0 Å². The summed E-state index contributed by atoms with van der Waals surface area (Å²) in [5.41, 5.74) is 0. The molecule has 0 rings (SSSR count). The van der Waals surface area contributed by atoms with Gasteiger partial charge in [-0.1, -0.05) is 0 Å². The van der Waals surface area contributed by atoms with Crippen molar-refractivity contribution in [1.29, 1.82) is 0 Å². The lowest BCUT2D eigenvalue weighted by molar-refractivity contribution is -0.332. The molecule has 0 radical (unpaired) electrons. The zero-order valence-electron chi connectivity index (χ0n) is 7.38. The van der Waals surface area contributed by atoms with Crippen LogP contribution in [0.4, 0.5) is 26.3 Å².